The van der Waals surface area contributed by atoms with Crippen LogP contribution in [0.25, 0.3) is 10.8 Å². The molecule has 0 saturated carbocycles. The van der Waals surface area contributed by atoms with Crippen molar-refractivity contribution in [2.24, 2.45) is 0 Å². The molecule has 0 radical (unpaired) electrons. The monoisotopic (exact) mass is 524 g/mol. The van der Waals surface area contributed by atoms with Crippen LogP contribution in [0.2, 0.25) is 0 Å². The number of carbonyl (C=O) groups excluding carboxylic acids is 1. The molecule has 3 aromatic rings. The molecular formula is C29H36N2O5S. The molecular weight excluding hydrogens is 488 g/mol. The maximum Gasteiger partial charge on any atom is 0.410 e. The van der Waals surface area contributed by atoms with E-state index in [0.29, 0.717) is 19.7 Å². The van der Waals surface area contributed by atoms with Gasteiger partial charge in [-0.2, -0.15) is 0 Å². The standard InChI is InChI=1S/C29H36N2O5S/c1-29(2,3)36-28(32)31-14-13-21(19-11-12-26(37-6)30-16-19)25(17-31)35-18-20-15-24(33-4)22-9-7-8-10-23(22)27(20)34-5/h7-12,15-16,21,25H,13-14,17-18H2,1-6H3. The number of carbonyl (C=O) groups is 1. The van der Waals surface area contributed by atoms with Crippen LogP contribution in [0.1, 0.15) is 44.2 Å². The number of likely N-dealkylation sites (tertiary alicyclic amines) is 1. The largest absolute Gasteiger partial charge is 0.496 e. The number of methoxy groups -OCH3 is 2. The Morgan fingerprint density at radius 2 is 1.86 bits per heavy atom. The predicted molar refractivity (Wildman–Crippen MR) is 147 cm³/mol. The fraction of sp³-hybridized carbons (Fsp3) is 0.448. The molecule has 198 valence electrons. The summed E-state index contributed by atoms with van der Waals surface area (Å²) >= 11 is 1.61. The van der Waals surface area contributed by atoms with Crippen LogP contribution in [0, 0.1) is 0 Å². The van der Waals surface area contributed by atoms with Gasteiger partial charge in [-0.05, 0) is 51.1 Å². The molecule has 2 heterocycles. The van der Waals surface area contributed by atoms with E-state index in [1.54, 1.807) is 30.9 Å². The molecule has 2 unspecified atom stereocenters. The van der Waals surface area contributed by atoms with Crippen LogP contribution in [-0.2, 0) is 16.1 Å². The van der Waals surface area contributed by atoms with Gasteiger partial charge in [-0.1, -0.05) is 30.3 Å². The maximum atomic E-state index is 12.9. The first-order valence-corrected chi connectivity index (χ1v) is 13.7. The van der Waals surface area contributed by atoms with Crippen LogP contribution in [0.4, 0.5) is 4.79 Å². The van der Waals surface area contributed by atoms with E-state index in [2.05, 4.69) is 11.1 Å². The van der Waals surface area contributed by atoms with E-state index in [9.17, 15) is 4.79 Å². The molecule has 4 rings (SSSR count). The fourth-order valence-corrected chi connectivity index (χ4v) is 5.14. The molecule has 1 fully saturated rings. The second-order valence-electron chi connectivity index (χ2n) is 10.1. The van der Waals surface area contributed by atoms with Crippen LogP contribution in [0.3, 0.4) is 0 Å². The van der Waals surface area contributed by atoms with Crippen molar-refractivity contribution in [2.75, 3.05) is 33.6 Å². The normalized spacial score (nSPS) is 18.1. The van der Waals surface area contributed by atoms with Gasteiger partial charge >= 0.3 is 6.09 Å². The number of nitrogens with zero attached hydrogens (tertiary/aromatic N) is 2. The van der Waals surface area contributed by atoms with Gasteiger partial charge in [0.1, 0.15) is 17.1 Å². The number of benzene rings is 2. The Labute approximate surface area is 223 Å². The van der Waals surface area contributed by atoms with E-state index >= 15 is 0 Å². The smallest absolute Gasteiger partial charge is 0.410 e. The third-order valence-corrected chi connectivity index (χ3v) is 7.18. The number of hydrogen-bond acceptors (Lipinski definition) is 7. The molecule has 0 bridgehead atoms. The molecule has 2 aromatic carbocycles. The minimum absolute atomic E-state index is 0.0930. The molecule has 0 N–H and O–H groups in total. The Hall–Kier alpha value is -2.97. The number of rotatable bonds is 7. The number of piperidine rings is 1. The third-order valence-electron chi connectivity index (χ3n) is 6.52. The van der Waals surface area contributed by atoms with E-state index in [1.807, 2.05) is 69.6 Å². The lowest BCUT2D eigenvalue weighted by atomic mass is 9.88. The number of fused-ring (bicyclic) bond motifs is 1. The number of pyridine rings is 1. The van der Waals surface area contributed by atoms with E-state index in [1.165, 1.54) is 0 Å². The lowest BCUT2D eigenvalue weighted by Gasteiger charge is -2.39. The summed E-state index contributed by atoms with van der Waals surface area (Å²) in [7, 11) is 3.34. The van der Waals surface area contributed by atoms with Crippen molar-refractivity contribution < 1.29 is 23.7 Å². The van der Waals surface area contributed by atoms with Crippen molar-refractivity contribution in [3.05, 3.63) is 59.8 Å². The second kappa shape index (κ2) is 11.6. The molecule has 1 aliphatic heterocycles. The molecule has 0 spiro atoms. The molecule has 1 aromatic heterocycles. The summed E-state index contributed by atoms with van der Waals surface area (Å²) in [5.74, 6) is 1.62. The van der Waals surface area contributed by atoms with Crippen LogP contribution in [0.15, 0.2) is 53.7 Å². The number of hydrogen-bond donors (Lipinski definition) is 0. The summed E-state index contributed by atoms with van der Waals surface area (Å²) in [6, 6.07) is 14.1. The summed E-state index contributed by atoms with van der Waals surface area (Å²) in [5.41, 5.74) is 1.44. The number of amides is 1. The fourth-order valence-electron chi connectivity index (χ4n) is 4.78. The number of aromatic nitrogens is 1. The van der Waals surface area contributed by atoms with E-state index < -0.39 is 5.60 Å². The first-order chi connectivity index (χ1) is 17.7. The van der Waals surface area contributed by atoms with Crippen LogP contribution in [-0.4, -0.2) is 61.2 Å². The van der Waals surface area contributed by atoms with Crippen molar-refractivity contribution in [3.8, 4) is 11.5 Å². The Morgan fingerprint density at radius 3 is 2.49 bits per heavy atom. The van der Waals surface area contributed by atoms with Crippen LogP contribution >= 0.6 is 11.8 Å². The predicted octanol–water partition coefficient (Wildman–Crippen LogP) is 6.28. The van der Waals surface area contributed by atoms with Crippen LogP contribution < -0.4 is 9.47 Å². The van der Waals surface area contributed by atoms with Gasteiger partial charge < -0.3 is 23.8 Å². The number of thioether (sulfide) groups is 1. The molecule has 2 atom stereocenters. The summed E-state index contributed by atoms with van der Waals surface area (Å²) in [6.45, 7) is 6.97. The van der Waals surface area contributed by atoms with Crippen molar-refractivity contribution in [3.63, 3.8) is 0 Å². The van der Waals surface area contributed by atoms with Crippen molar-refractivity contribution in [2.45, 2.75) is 56.4 Å². The molecule has 0 aliphatic carbocycles. The highest BCUT2D eigenvalue weighted by molar-refractivity contribution is 7.98. The molecule has 1 saturated heterocycles. The summed E-state index contributed by atoms with van der Waals surface area (Å²) in [5, 5.41) is 2.92. The van der Waals surface area contributed by atoms with Gasteiger partial charge in [0.2, 0.25) is 0 Å². The highest BCUT2D eigenvalue weighted by Gasteiger charge is 2.35. The van der Waals surface area contributed by atoms with Crippen molar-refractivity contribution >= 4 is 28.6 Å². The van der Waals surface area contributed by atoms with Gasteiger partial charge in [0.05, 0.1) is 38.5 Å². The Morgan fingerprint density at radius 1 is 1.11 bits per heavy atom. The quantitative estimate of drug-likeness (QED) is 0.337. The first-order valence-electron chi connectivity index (χ1n) is 12.5. The minimum Gasteiger partial charge on any atom is -0.496 e. The first kappa shape index (κ1) is 27.1. The number of ether oxygens (including phenoxy) is 4. The third kappa shape index (κ3) is 6.30. The van der Waals surface area contributed by atoms with Gasteiger partial charge in [-0.15, -0.1) is 11.8 Å². The summed E-state index contributed by atoms with van der Waals surface area (Å²) in [6.07, 6.45) is 4.13. The molecule has 8 heteroatoms. The molecule has 7 nitrogen and oxygen atoms in total. The van der Waals surface area contributed by atoms with E-state index in [-0.39, 0.29) is 18.1 Å². The van der Waals surface area contributed by atoms with E-state index in [4.69, 9.17) is 18.9 Å². The van der Waals surface area contributed by atoms with E-state index in [0.717, 1.165) is 44.8 Å². The zero-order chi connectivity index (χ0) is 26.6. The maximum absolute atomic E-state index is 12.9. The van der Waals surface area contributed by atoms with Gasteiger partial charge in [-0.3, -0.25) is 0 Å². The van der Waals surface area contributed by atoms with Gasteiger partial charge in [0, 0.05) is 35.0 Å². The zero-order valence-corrected chi connectivity index (χ0v) is 23.3. The Bertz CT molecular complexity index is 1230. The highest BCUT2D eigenvalue weighted by atomic mass is 32.2. The summed E-state index contributed by atoms with van der Waals surface area (Å²) in [4.78, 5) is 19.2. The Kier molecular flexibility index (Phi) is 8.49. The van der Waals surface area contributed by atoms with Gasteiger partial charge in [0.25, 0.3) is 0 Å². The SMILES string of the molecule is COc1cc(COC2CN(C(=O)OC(C)(C)C)CCC2c2ccc(SC)nc2)c(OC)c2ccccc12. The lowest BCUT2D eigenvalue weighted by molar-refractivity contribution is -0.0363. The molecule has 1 amide bonds. The zero-order valence-electron chi connectivity index (χ0n) is 22.4. The van der Waals surface area contributed by atoms with Gasteiger partial charge in [0.15, 0.2) is 0 Å². The minimum atomic E-state index is -0.559. The average molecular weight is 525 g/mol. The average Bonchev–Trinajstić information content (AvgIpc) is 2.90. The summed E-state index contributed by atoms with van der Waals surface area (Å²) < 4.78 is 23.7. The Balaban J connectivity index is 1.62. The highest BCUT2D eigenvalue weighted by Crippen LogP contribution is 2.38. The van der Waals surface area contributed by atoms with Crippen molar-refractivity contribution in [1.29, 1.82) is 0 Å². The molecule has 37 heavy (non-hydrogen) atoms. The van der Waals surface area contributed by atoms with Gasteiger partial charge in [-0.25, -0.2) is 9.78 Å². The molecule has 1 aliphatic rings. The second-order valence-corrected chi connectivity index (χ2v) is 10.9. The van der Waals surface area contributed by atoms with Crippen LogP contribution in [0.5, 0.6) is 11.5 Å². The topological polar surface area (TPSA) is 70.1 Å². The lowest BCUT2D eigenvalue weighted by Crippen LogP contribution is -2.48. The van der Waals surface area contributed by atoms with Crippen molar-refractivity contribution in [1.82, 2.24) is 9.88 Å².